The lowest BCUT2D eigenvalue weighted by molar-refractivity contribution is 0.0130. The molecular formula is C19H32IN3O2. The van der Waals surface area contributed by atoms with Gasteiger partial charge in [0.25, 0.3) is 0 Å². The summed E-state index contributed by atoms with van der Waals surface area (Å²) in [7, 11) is 3.70. The summed E-state index contributed by atoms with van der Waals surface area (Å²) in [6.07, 6.45) is 5.12. The maximum atomic E-state index is 10.7. The summed E-state index contributed by atoms with van der Waals surface area (Å²) in [5.74, 6) is 1.70. The Morgan fingerprint density at radius 1 is 1.28 bits per heavy atom. The third kappa shape index (κ3) is 6.66. The zero-order chi connectivity index (χ0) is 17.4. The van der Waals surface area contributed by atoms with Crippen LogP contribution in [0.5, 0.6) is 5.75 Å². The molecule has 6 heteroatoms. The SMILES string of the molecule is CCNC(=NCC1(O)CCCCC1)N(C)Cc1ccccc1OC.I. The summed E-state index contributed by atoms with van der Waals surface area (Å²) in [5.41, 5.74) is 0.481. The standard InChI is InChI=1S/C19H31N3O2.HI/c1-4-20-18(21-15-19(23)12-8-5-9-13-19)22(2)14-16-10-6-7-11-17(16)24-3;/h6-7,10-11,23H,4-5,8-9,12-15H2,1-3H3,(H,20,21);1H. The number of hydrogen-bond donors (Lipinski definition) is 2. The van der Waals surface area contributed by atoms with Crippen molar-refractivity contribution < 1.29 is 9.84 Å². The Kier molecular flexibility index (Phi) is 9.56. The smallest absolute Gasteiger partial charge is 0.194 e. The maximum absolute atomic E-state index is 10.7. The molecule has 1 aromatic carbocycles. The minimum absolute atomic E-state index is 0. The van der Waals surface area contributed by atoms with Crippen molar-refractivity contribution in [3.05, 3.63) is 29.8 Å². The van der Waals surface area contributed by atoms with Gasteiger partial charge in [0.15, 0.2) is 5.96 Å². The van der Waals surface area contributed by atoms with Crippen molar-refractivity contribution in [1.82, 2.24) is 10.2 Å². The van der Waals surface area contributed by atoms with E-state index >= 15 is 0 Å². The topological polar surface area (TPSA) is 57.1 Å². The molecule has 1 fully saturated rings. The number of nitrogens with one attached hydrogen (secondary N) is 1. The van der Waals surface area contributed by atoms with Crippen LogP contribution in [0.25, 0.3) is 0 Å². The lowest BCUT2D eigenvalue weighted by atomic mass is 9.85. The van der Waals surface area contributed by atoms with Gasteiger partial charge in [-0.15, -0.1) is 24.0 Å². The third-order valence-electron chi connectivity index (χ3n) is 4.60. The van der Waals surface area contributed by atoms with Gasteiger partial charge in [0, 0.05) is 25.7 Å². The van der Waals surface area contributed by atoms with Crippen LogP contribution in [0.3, 0.4) is 0 Å². The predicted octanol–water partition coefficient (Wildman–Crippen LogP) is 3.41. The number of nitrogens with zero attached hydrogens (tertiary/aromatic N) is 2. The molecule has 0 aliphatic heterocycles. The van der Waals surface area contributed by atoms with Crippen LogP contribution in [0.1, 0.15) is 44.6 Å². The van der Waals surface area contributed by atoms with Crippen molar-refractivity contribution in [3.8, 4) is 5.75 Å². The Labute approximate surface area is 168 Å². The van der Waals surface area contributed by atoms with Crippen molar-refractivity contribution >= 4 is 29.9 Å². The average Bonchev–Trinajstić information content (AvgIpc) is 2.59. The van der Waals surface area contributed by atoms with E-state index in [2.05, 4.69) is 23.2 Å². The summed E-state index contributed by atoms with van der Waals surface area (Å²) in [5, 5.41) is 14.0. The second kappa shape index (κ2) is 10.9. The van der Waals surface area contributed by atoms with Gasteiger partial charge in [-0.25, -0.2) is 0 Å². The van der Waals surface area contributed by atoms with Crippen LogP contribution in [-0.4, -0.2) is 48.8 Å². The Balaban J connectivity index is 0.00000312. The van der Waals surface area contributed by atoms with Crippen LogP contribution in [-0.2, 0) is 6.54 Å². The van der Waals surface area contributed by atoms with Crippen LogP contribution in [0.4, 0.5) is 0 Å². The van der Waals surface area contributed by atoms with Gasteiger partial charge in [0.05, 0.1) is 19.3 Å². The summed E-state index contributed by atoms with van der Waals surface area (Å²) in [6.45, 7) is 4.02. The van der Waals surface area contributed by atoms with Gasteiger partial charge in [-0.05, 0) is 25.8 Å². The first-order valence-electron chi connectivity index (χ1n) is 8.92. The molecule has 1 saturated carbocycles. The molecule has 0 atom stereocenters. The molecule has 0 spiro atoms. The number of rotatable bonds is 6. The fourth-order valence-corrected chi connectivity index (χ4v) is 3.22. The van der Waals surface area contributed by atoms with E-state index in [9.17, 15) is 5.11 Å². The number of para-hydroxylation sites is 1. The molecule has 0 radical (unpaired) electrons. The largest absolute Gasteiger partial charge is 0.496 e. The van der Waals surface area contributed by atoms with E-state index in [0.29, 0.717) is 13.1 Å². The van der Waals surface area contributed by atoms with Crippen molar-refractivity contribution in [2.45, 2.75) is 51.2 Å². The molecule has 1 aliphatic carbocycles. The molecular weight excluding hydrogens is 429 g/mol. The molecule has 0 heterocycles. The Morgan fingerprint density at radius 2 is 1.96 bits per heavy atom. The van der Waals surface area contributed by atoms with Gasteiger partial charge < -0.3 is 20.1 Å². The lowest BCUT2D eigenvalue weighted by Crippen LogP contribution is -2.41. The number of benzene rings is 1. The molecule has 1 aromatic rings. The zero-order valence-electron chi connectivity index (χ0n) is 15.6. The Hall–Kier alpha value is -1.02. The molecule has 142 valence electrons. The van der Waals surface area contributed by atoms with Gasteiger partial charge in [-0.3, -0.25) is 4.99 Å². The first kappa shape index (κ1) is 22.0. The summed E-state index contributed by atoms with van der Waals surface area (Å²) >= 11 is 0. The predicted molar refractivity (Wildman–Crippen MR) is 114 cm³/mol. The third-order valence-corrected chi connectivity index (χ3v) is 4.60. The summed E-state index contributed by atoms with van der Waals surface area (Å²) in [6, 6.07) is 8.02. The highest BCUT2D eigenvalue weighted by atomic mass is 127. The van der Waals surface area contributed by atoms with E-state index < -0.39 is 5.60 Å². The molecule has 0 aromatic heterocycles. The van der Waals surface area contributed by atoms with E-state index in [-0.39, 0.29) is 24.0 Å². The molecule has 25 heavy (non-hydrogen) atoms. The van der Waals surface area contributed by atoms with E-state index in [4.69, 9.17) is 9.73 Å². The van der Waals surface area contributed by atoms with E-state index in [1.807, 2.05) is 25.2 Å². The summed E-state index contributed by atoms with van der Waals surface area (Å²) in [4.78, 5) is 6.78. The second-order valence-corrected chi connectivity index (χ2v) is 6.62. The molecule has 0 saturated heterocycles. The van der Waals surface area contributed by atoms with Crippen molar-refractivity contribution in [2.75, 3.05) is 27.2 Å². The van der Waals surface area contributed by atoms with Gasteiger partial charge >= 0.3 is 0 Å². The number of methoxy groups -OCH3 is 1. The van der Waals surface area contributed by atoms with Crippen molar-refractivity contribution in [1.29, 1.82) is 0 Å². The highest BCUT2D eigenvalue weighted by molar-refractivity contribution is 14.0. The van der Waals surface area contributed by atoms with Gasteiger partial charge in [0.1, 0.15) is 5.75 Å². The molecule has 2 rings (SSSR count). The van der Waals surface area contributed by atoms with Crippen molar-refractivity contribution in [2.24, 2.45) is 4.99 Å². The van der Waals surface area contributed by atoms with Crippen LogP contribution >= 0.6 is 24.0 Å². The number of aliphatic imine (C=N–C) groups is 1. The van der Waals surface area contributed by atoms with E-state index in [0.717, 1.165) is 49.5 Å². The number of hydrogen-bond acceptors (Lipinski definition) is 3. The van der Waals surface area contributed by atoms with Crippen LogP contribution in [0.15, 0.2) is 29.3 Å². The summed E-state index contributed by atoms with van der Waals surface area (Å²) < 4.78 is 5.43. The van der Waals surface area contributed by atoms with E-state index in [1.54, 1.807) is 7.11 Å². The number of halogens is 1. The first-order valence-corrected chi connectivity index (χ1v) is 8.92. The first-order chi connectivity index (χ1) is 11.6. The molecule has 0 unspecified atom stereocenters. The molecule has 0 bridgehead atoms. The van der Waals surface area contributed by atoms with Crippen LogP contribution < -0.4 is 10.1 Å². The van der Waals surface area contributed by atoms with Crippen LogP contribution in [0, 0.1) is 0 Å². The lowest BCUT2D eigenvalue weighted by Gasteiger charge is -2.31. The average molecular weight is 461 g/mol. The van der Waals surface area contributed by atoms with Gasteiger partial charge in [0.2, 0.25) is 0 Å². The number of aliphatic hydroxyl groups is 1. The minimum Gasteiger partial charge on any atom is -0.496 e. The highest BCUT2D eigenvalue weighted by Crippen LogP contribution is 2.28. The number of guanidine groups is 1. The molecule has 0 amide bonds. The Morgan fingerprint density at radius 3 is 2.60 bits per heavy atom. The molecule has 5 nitrogen and oxygen atoms in total. The fraction of sp³-hybridized carbons (Fsp3) is 0.632. The fourth-order valence-electron chi connectivity index (χ4n) is 3.22. The molecule has 1 aliphatic rings. The minimum atomic E-state index is -0.635. The monoisotopic (exact) mass is 461 g/mol. The number of ether oxygens (including phenoxy) is 1. The van der Waals surface area contributed by atoms with E-state index in [1.165, 1.54) is 6.42 Å². The normalized spacial score (nSPS) is 16.7. The van der Waals surface area contributed by atoms with Crippen molar-refractivity contribution in [3.63, 3.8) is 0 Å². The second-order valence-electron chi connectivity index (χ2n) is 6.62. The van der Waals surface area contributed by atoms with Crippen LogP contribution in [0.2, 0.25) is 0 Å². The van der Waals surface area contributed by atoms with Gasteiger partial charge in [-0.2, -0.15) is 0 Å². The quantitative estimate of drug-likeness (QED) is 0.388. The molecule has 2 N–H and O–H groups in total. The Bertz CT molecular complexity index is 545. The zero-order valence-corrected chi connectivity index (χ0v) is 18.0. The highest BCUT2D eigenvalue weighted by Gasteiger charge is 2.29. The van der Waals surface area contributed by atoms with Gasteiger partial charge in [-0.1, -0.05) is 37.5 Å². The maximum Gasteiger partial charge on any atom is 0.194 e.